The Morgan fingerprint density at radius 3 is 2.55 bits per heavy atom. The van der Waals surface area contributed by atoms with Crippen molar-refractivity contribution in [1.82, 2.24) is 4.98 Å². The van der Waals surface area contributed by atoms with Gasteiger partial charge in [0, 0.05) is 19.0 Å². The first-order chi connectivity index (χ1) is 19.0. The minimum Gasteiger partial charge on any atom is -0.462 e. The molecule has 1 aromatic heterocycles. The van der Waals surface area contributed by atoms with E-state index in [1.165, 1.54) is 51.4 Å². The number of esters is 1. The number of aryl methyl sites for hydroxylation is 1. The summed E-state index contributed by atoms with van der Waals surface area (Å²) in [7, 11) is 0. The lowest BCUT2D eigenvalue weighted by atomic mass is 9.41. The summed E-state index contributed by atoms with van der Waals surface area (Å²) in [6, 6.07) is 3.74. The summed E-state index contributed by atoms with van der Waals surface area (Å²) < 4.78 is 6.04. The van der Waals surface area contributed by atoms with E-state index < -0.39 is 0 Å². The largest absolute Gasteiger partial charge is 0.462 e. The monoisotopic (exact) mass is 548 g/mol. The lowest BCUT2D eigenvalue weighted by Gasteiger charge is -2.63. The molecule has 4 nitrogen and oxygen atoms in total. The van der Waals surface area contributed by atoms with Crippen LogP contribution in [0.5, 0.6) is 0 Å². The summed E-state index contributed by atoms with van der Waals surface area (Å²) in [5, 5.41) is 0. The predicted octanol–water partition coefficient (Wildman–Crippen LogP) is 8.94. The van der Waals surface area contributed by atoms with Gasteiger partial charge in [-0.15, -0.1) is 0 Å². The molecule has 3 fully saturated rings. The number of anilines is 1. The number of nitrogens with zero attached hydrogens (tertiary/aromatic N) is 1. The molecule has 0 saturated heterocycles. The van der Waals surface area contributed by atoms with Gasteiger partial charge in [-0.3, -0.25) is 4.79 Å². The Hall–Kier alpha value is -1.84. The van der Waals surface area contributed by atoms with E-state index in [0.29, 0.717) is 29.5 Å². The van der Waals surface area contributed by atoms with Crippen molar-refractivity contribution in [2.75, 3.05) is 5.73 Å². The van der Waals surface area contributed by atoms with Crippen molar-refractivity contribution in [2.45, 2.75) is 131 Å². The average molecular weight is 549 g/mol. The number of hydrogen-bond acceptors (Lipinski definition) is 4. The zero-order valence-corrected chi connectivity index (χ0v) is 26.3. The standard InChI is InChI=1S/C36H56N2O2/c1-24(2)8-7-9-25(3)29-12-13-30-35(29,5)21-18-31-34(4)20-17-28(22-27(34)16-19-36(30,31)6)40-33(39)15-11-26-10-14-32(37)38-23-26/h10,14,16,23-25,28-31H,7-9,11-13,15,17-22H2,1-6H3,(H2,37,38)/t25-,28+,29-,30-,31-,34+,35-,36+/m1/s1. The zero-order valence-electron chi connectivity index (χ0n) is 26.3. The van der Waals surface area contributed by atoms with Gasteiger partial charge in [0.25, 0.3) is 0 Å². The van der Waals surface area contributed by atoms with Gasteiger partial charge in [-0.2, -0.15) is 0 Å². The molecule has 1 aromatic rings. The average Bonchev–Trinajstić information content (AvgIpc) is 3.27. The second-order valence-electron chi connectivity index (χ2n) is 15.4. The van der Waals surface area contributed by atoms with Gasteiger partial charge in [0.05, 0.1) is 0 Å². The van der Waals surface area contributed by atoms with Gasteiger partial charge in [0.15, 0.2) is 0 Å². The highest BCUT2D eigenvalue weighted by Crippen LogP contribution is 2.72. The molecule has 40 heavy (non-hydrogen) atoms. The van der Waals surface area contributed by atoms with Crippen LogP contribution in [0.25, 0.3) is 0 Å². The molecule has 8 atom stereocenters. The van der Waals surface area contributed by atoms with Crippen LogP contribution in [0.3, 0.4) is 0 Å². The van der Waals surface area contributed by atoms with Crippen LogP contribution in [-0.4, -0.2) is 17.1 Å². The quantitative estimate of drug-likeness (QED) is 0.247. The lowest BCUT2D eigenvalue weighted by molar-refractivity contribution is -0.153. The van der Waals surface area contributed by atoms with Gasteiger partial charge >= 0.3 is 5.97 Å². The van der Waals surface area contributed by atoms with E-state index >= 15 is 0 Å². The number of carbonyl (C=O) groups excluding carboxylic acids is 1. The van der Waals surface area contributed by atoms with E-state index in [-0.39, 0.29) is 17.5 Å². The fourth-order valence-electron chi connectivity index (χ4n) is 10.5. The van der Waals surface area contributed by atoms with Crippen LogP contribution in [0.4, 0.5) is 5.82 Å². The Balaban J connectivity index is 1.22. The van der Waals surface area contributed by atoms with Crippen molar-refractivity contribution in [3.05, 3.63) is 35.5 Å². The normalized spacial score (nSPS) is 37.7. The van der Waals surface area contributed by atoms with Crippen molar-refractivity contribution >= 4 is 11.8 Å². The first-order valence-electron chi connectivity index (χ1n) is 16.5. The molecule has 0 bridgehead atoms. The zero-order chi connectivity index (χ0) is 28.7. The lowest BCUT2D eigenvalue weighted by Crippen LogP contribution is -2.56. The molecular weight excluding hydrogens is 492 g/mol. The summed E-state index contributed by atoms with van der Waals surface area (Å²) >= 11 is 0. The third-order valence-corrected chi connectivity index (χ3v) is 12.6. The Morgan fingerprint density at radius 1 is 1.02 bits per heavy atom. The maximum atomic E-state index is 12.7. The molecule has 2 N–H and O–H groups in total. The molecule has 0 unspecified atom stereocenters. The van der Waals surface area contributed by atoms with Crippen LogP contribution >= 0.6 is 0 Å². The molecule has 4 aliphatic rings. The topological polar surface area (TPSA) is 65.2 Å². The van der Waals surface area contributed by atoms with Gasteiger partial charge in [-0.05, 0) is 109 Å². The summed E-state index contributed by atoms with van der Waals surface area (Å²) in [5.74, 6) is 4.57. The molecule has 1 heterocycles. The predicted molar refractivity (Wildman–Crippen MR) is 165 cm³/mol. The van der Waals surface area contributed by atoms with Crippen molar-refractivity contribution < 1.29 is 9.53 Å². The Morgan fingerprint density at radius 2 is 1.82 bits per heavy atom. The second-order valence-corrected chi connectivity index (χ2v) is 15.4. The van der Waals surface area contributed by atoms with E-state index in [1.54, 1.807) is 17.8 Å². The first-order valence-corrected chi connectivity index (χ1v) is 16.5. The fraction of sp³-hybridized carbons (Fsp3) is 0.778. The Labute approximate surface area is 244 Å². The molecule has 3 saturated carbocycles. The van der Waals surface area contributed by atoms with Crippen molar-refractivity contribution in [3.8, 4) is 0 Å². The number of nitrogens with two attached hydrogens (primary N) is 1. The Bertz CT molecular complexity index is 1080. The molecule has 5 rings (SSSR count). The molecule has 0 radical (unpaired) electrons. The Kier molecular flexibility index (Phi) is 8.48. The number of rotatable bonds is 9. The molecule has 4 aliphatic carbocycles. The van der Waals surface area contributed by atoms with E-state index in [0.717, 1.165) is 54.4 Å². The number of hydrogen-bond donors (Lipinski definition) is 1. The summed E-state index contributed by atoms with van der Waals surface area (Å²) in [6.07, 6.45) is 19.5. The van der Waals surface area contributed by atoms with Gasteiger partial charge < -0.3 is 10.5 Å². The third kappa shape index (κ3) is 5.50. The van der Waals surface area contributed by atoms with Gasteiger partial charge in [0.2, 0.25) is 0 Å². The van der Waals surface area contributed by atoms with Crippen molar-refractivity contribution in [1.29, 1.82) is 0 Å². The number of allylic oxidation sites excluding steroid dienone is 1. The molecule has 4 heteroatoms. The van der Waals surface area contributed by atoms with Crippen LogP contribution in [0.1, 0.15) is 124 Å². The van der Waals surface area contributed by atoms with Crippen molar-refractivity contribution in [3.63, 3.8) is 0 Å². The molecular formula is C36H56N2O2. The highest BCUT2D eigenvalue weighted by atomic mass is 16.5. The van der Waals surface area contributed by atoms with E-state index in [9.17, 15) is 4.79 Å². The van der Waals surface area contributed by atoms with Crippen LogP contribution in [0.2, 0.25) is 0 Å². The molecule has 0 amide bonds. The van der Waals surface area contributed by atoms with E-state index in [4.69, 9.17) is 10.5 Å². The number of pyridine rings is 1. The number of carbonyl (C=O) groups is 1. The number of aromatic nitrogens is 1. The van der Waals surface area contributed by atoms with Crippen LogP contribution in [0, 0.1) is 45.8 Å². The summed E-state index contributed by atoms with van der Waals surface area (Å²) in [5.41, 5.74) is 9.45. The highest BCUT2D eigenvalue weighted by Gasteiger charge is 2.64. The number of nitrogen functional groups attached to an aromatic ring is 1. The smallest absolute Gasteiger partial charge is 0.306 e. The SMILES string of the molecule is CC(C)CCC[C@@H](C)[C@H]1CC[C@@H]2[C@]1(C)CC[C@H]1[C@@]2(C)CC=C2C[C@@H](OC(=O)CCc3ccc(N)nc3)CC[C@@]21C. The van der Waals surface area contributed by atoms with Crippen LogP contribution in [-0.2, 0) is 16.0 Å². The van der Waals surface area contributed by atoms with Gasteiger partial charge in [0.1, 0.15) is 11.9 Å². The van der Waals surface area contributed by atoms with E-state index in [1.807, 2.05) is 6.07 Å². The highest BCUT2D eigenvalue weighted by molar-refractivity contribution is 5.70. The molecule has 0 spiro atoms. The maximum absolute atomic E-state index is 12.7. The molecule has 222 valence electrons. The van der Waals surface area contributed by atoms with Gasteiger partial charge in [-0.1, -0.05) is 78.5 Å². The second kappa shape index (κ2) is 11.4. The van der Waals surface area contributed by atoms with Crippen LogP contribution in [0.15, 0.2) is 30.0 Å². The first kappa shape index (κ1) is 29.6. The van der Waals surface area contributed by atoms with Crippen LogP contribution < -0.4 is 5.73 Å². The number of fused-ring (bicyclic) bond motifs is 5. The number of ether oxygens (including phenoxy) is 1. The van der Waals surface area contributed by atoms with E-state index in [2.05, 4.69) is 52.6 Å². The minimum absolute atomic E-state index is 0.0251. The summed E-state index contributed by atoms with van der Waals surface area (Å²) in [4.78, 5) is 16.9. The van der Waals surface area contributed by atoms with Gasteiger partial charge in [-0.25, -0.2) is 4.98 Å². The minimum atomic E-state index is -0.0837. The molecule has 0 aliphatic heterocycles. The third-order valence-electron chi connectivity index (χ3n) is 12.6. The maximum Gasteiger partial charge on any atom is 0.306 e. The fourth-order valence-corrected chi connectivity index (χ4v) is 10.5. The van der Waals surface area contributed by atoms with Crippen molar-refractivity contribution in [2.24, 2.45) is 45.8 Å². The summed E-state index contributed by atoms with van der Waals surface area (Å²) in [6.45, 7) is 15.2. The molecule has 0 aromatic carbocycles.